The number of benzene rings is 2. The van der Waals surface area contributed by atoms with Gasteiger partial charge in [0.15, 0.2) is 0 Å². The maximum atomic E-state index is 13.6. The van der Waals surface area contributed by atoms with Gasteiger partial charge in [0.2, 0.25) is 12.3 Å². The van der Waals surface area contributed by atoms with Crippen molar-refractivity contribution < 1.29 is 9.59 Å². The predicted octanol–water partition coefficient (Wildman–Crippen LogP) is 3.39. The molecule has 0 aliphatic carbocycles. The van der Waals surface area contributed by atoms with E-state index in [2.05, 4.69) is 22.8 Å². The van der Waals surface area contributed by atoms with Crippen LogP contribution in [0.3, 0.4) is 0 Å². The molecule has 0 spiro atoms. The molecule has 2 aromatic rings. The van der Waals surface area contributed by atoms with Crippen molar-refractivity contribution in [2.24, 2.45) is 5.92 Å². The monoisotopic (exact) mass is 379 g/mol. The second-order valence-corrected chi connectivity index (χ2v) is 7.37. The van der Waals surface area contributed by atoms with Crippen molar-refractivity contribution in [3.8, 4) is 0 Å². The average molecular weight is 380 g/mol. The van der Waals surface area contributed by atoms with E-state index in [1.807, 2.05) is 54.3 Å². The van der Waals surface area contributed by atoms with Crippen molar-refractivity contribution in [3.63, 3.8) is 0 Å². The lowest BCUT2D eigenvalue weighted by molar-refractivity contribution is -0.134. The first kappa shape index (κ1) is 20.1. The summed E-state index contributed by atoms with van der Waals surface area (Å²) >= 11 is 0. The standard InChI is InChI=1S/C23H29N3O2/c1-2-20(21-10-6-7-11-22(21)25-17-27)23(28)26(16-19-12-13-24-14-19)15-18-8-4-3-5-9-18/h3-11,17,19-20,24H,2,12-16H2,1H3,(H,25,27). The Morgan fingerprint density at radius 3 is 2.64 bits per heavy atom. The third kappa shape index (κ3) is 4.98. The fourth-order valence-corrected chi connectivity index (χ4v) is 3.96. The molecule has 28 heavy (non-hydrogen) atoms. The van der Waals surface area contributed by atoms with Crippen LogP contribution in [0.2, 0.25) is 0 Å². The molecule has 1 fully saturated rings. The van der Waals surface area contributed by atoms with Gasteiger partial charge in [-0.25, -0.2) is 0 Å². The number of carbonyl (C=O) groups excluding carboxylic acids is 2. The minimum absolute atomic E-state index is 0.124. The maximum absolute atomic E-state index is 13.6. The lowest BCUT2D eigenvalue weighted by Crippen LogP contribution is -2.38. The topological polar surface area (TPSA) is 61.4 Å². The molecule has 1 saturated heterocycles. The van der Waals surface area contributed by atoms with Gasteiger partial charge < -0.3 is 15.5 Å². The third-order valence-corrected chi connectivity index (χ3v) is 5.43. The number of amides is 2. The molecule has 0 aromatic heterocycles. The van der Waals surface area contributed by atoms with Crippen LogP contribution in [0.15, 0.2) is 54.6 Å². The molecule has 148 valence electrons. The van der Waals surface area contributed by atoms with Crippen molar-refractivity contribution in [3.05, 3.63) is 65.7 Å². The fraction of sp³-hybridized carbons (Fsp3) is 0.391. The molecule has 0 saturated carbocycles. The number of anilines is 1. The maximum Gasteiger partial charge on any atom is 0.230 e. The normalized spacial score (nSPS) is 17.1. The van der Waals surface area contributed by atoms with E-state index in [4.69, 9.17) is 0 Å². The predicted molar refractivity (Wildman–Crippen MR) is 112 cm³/mol. The molecule has 0 bridgehead atoms. The van der Waals surface area contributed by atoms with Crippen molar-refractivity contribution in [2.75, 3.05) is 25.0 Å². The van der Waals surface area contributed by atoms with Crippen molar-refractivity contribution in [2.45, 2.75) is 32.2 Å². The summed E-state index contributed by atoms with van der Waals surface area (Å²) in [6.07, 6.45) is 2.45. The number of carbonyl (C=O) groups is 2. The van der Waals surface area contributed by atoms with Crippen molar-refractivity contribution >= 4 is 18.0 Å². The van der Waals surface area contributed by atoms with Gasteiger partial charge in [0.05, 0.1) is 5.92 Å². The van der Waals surface area contributed by atoms with Crippen molar-refractivity contribution in [1.82, 2.24) is 10.2 Å². The zero-order chi connectivity index (χ0) is 19.8. The van der Waals surface area contributed by atoms with E-state index in [9.17, 15) is 9.59 Å². The fourth-order valence-electron chi connectivity index (χ4n) is 3.96. The van der Waals surface area contributed by atoms with E-state index in [0.717, 1.165) is 37.2 Å². The molecular weight excluding hydrogens is 350 g/mol. The van der Waals surface area contributed by atoms with E-state index in [0.29, 0.717) is 31.0 Å². The highest BCUT2D eigenvalue weighted by atomic mass is 16.2. The van der Waals surface area contributed by atoms with E-state index in [-0.39, 0.29) is 11.8 Å². The molecule has 2 N–H and O–H groups in total. The van der Waals surface area contributed by atoms with Crippen LogP contribution in [0.5, 0.6) is 0 Å². The van der Waals surface area contributed by atoms with Gasteiger partial charge >= 0.3 is 0 Å². The highest BCUT2D eigenvalue weighted by Crippen LogP contribution is 2.30. The first-order chi connectivity index (χ1) is 13.7. The summed E-state index contributed by atoms with van der Waals surface area (Å²) < 4.78 is 0. The molecule has 3 rings (SSSR count). The molecule has 2 amide bonds. The minimum atomic E-state index is -0.276. The largest absolute Gasteiger partial charge is 0.338 e. The second kappa shape index (κ2) is 10.0. The molecule has 5 heteroatoms. The molecule has 0 radical (unpaired) electrons. The second-order valence-electron chi connectivity index (χ2n) is 7.37. The Morgan fingerprint density at radius 2 is 1.96 bits per heavy atom. The van der Waals surface area contributed by atoms with Crippen molar-refractivity contribution in [1.29, 1.82) is 0 Å². The van der Waals surface area contributed by atoms with E-state index >= 15 is 0 Å². The summed E-state index contributed by atoms with van der Waals surface area (Å²) in [5, 5.41) is 6.14. The number of para-hydroxylation sites is 1. The summed E-state index contributed by atoms with van der Waals surface area (Å²) in [5.74, 6) is 0.327. The Bertz CT molecular complexity index is 772. The first-order valence-electron chi connectivity index (χ1n) is 10.1. The quantitative estimate of drug-likeness (QED) is 0.657. The van der Waals surface area contributed by atoms with Crippen LogP contribution < -0.4 is 10.6 Å². The Labute approximate surface area is 167 Å². The number of hydrogen-bond donors (Lipinski definition) is 2. The Balaban J connectivity index is 1.86. The summed E-state index contributed by atoms with van der Waals surface area (Å²) in [4.78, 5) is 26.6. The highest BCUT2D eigenvalue weighted by Gasteiger charge is 2.29. The van der Waals surface area contributed by atoms with Crippen LogP contribution >= 0.6 is 0 Å². The summed E-state index contributed by atoms with van der Waals surface area (Å²) in [7, 11) is 0. The number of nitrogens with zero attached hydrogens (tertiary/aromatic N) is 1. The van der Waals surface area contributed by atoms with E-state index in [1.165, 1.54) is 0 Å². The average Bonchev–Trinajstić information content (AvgIpc) is 3.23. The number of nitrogens with one attached hydrogen (secondary N) is 2. The minimum Gasteiger partial charge on any atom is -0.338 e. The van der Waals surface area contributed by atoms with Crippen LogP contribution in [0.1, 0.15) is 36.8 Å². The lowest BCUT2D eigenvalue weighted by Gasteiger charge is -2.30. The first-order valence-corrected chi connectivity index (χ1v) is 10.1. The van der Waals surface area contributed by atoms with Gasteiger partial charge in [0, 0.05) is 18.8 Å². The molecule has 1 heterocycles. The van der Waals surface area contributed by atoms with E-state index < -0.39 is 0 Å². The van der Waals surface area contributed by atoms with Gasteiger partial charge in [-0.1, -0.05) is 55.5 Å². The van der Waals surface area contributed by atoms with Gasteiger partial charge in [-0.2, -0.15) is 0 Å². The molecule has 2 aromatic carbocycles. The van der Waals surface area contributed by atoms with Gasteiger partial charge in [0.1, 0.15) is 0 Å². The number of hydrogen-bond acceptors (Lipinski definition) is 3. The van der Waals surface area contributed by atoms with Crippen LogP contribution in [0.4, 0.5) is 5.69 Å². The Kier molecular flexibility index (Phi) is 7.20. The Morgan fingerprint density at radius 1 is 1.21 bits per heavy atom. The molecule has 2 unspecified atom stereocenters. The molecular formula is C23H29N3O2. The van der Waals surface area contributed by atoms with Gasteiger partial charge in [-0.3, -0.25) is 9.59 Å². The molecule has 2 atom stereocenters. The third-order valence-electron chi connectivity index (χ3n) is 5.43. The molecule has 1 aliphatic rings. The molecule has 5 nitrogen and oxygen atoms in total. The van der Waals surface area contributed by atoms with Gasteiger partial charge in [0.25, 0.3) is 0 Å². The smallest absolute Gasteiger partial charge is 0.230 e. The summed E-state index contributed by atoms with van der Waals surface area (Å²) in [6, 6.07) is 17.7. The van der Waals surface area contributed by atoms with Crippen LogP contribution in [-0.4, -0.2) is 36.9 Å². The summed E-state index contributed by atoms with van der Waals surface area (Å²) in [6.45, 7) is 5.36. The zero-order valence-corrected chi connectivity index (χ0v) is 16.4. The Hall–Kier alpha value is -2.66. The van der Waals surface area contributed by atoms with Crippen LogP contribution in [-0.2, 0) is 16.1 Å². The SMILES string of the molecule is CCC(C(=O)N(Cc1ccccc1)CC1CCNC1)c1ccccc1NC=O. The van der Waals surface area contributed by atoms with E-state index in [1.54, 1.807) is 0 Å². The van der Waals surface area contributed by atoms with Crippen LogP contribution in [0, 0.1) is 5.92 Å². The summed E-state index contributed by atoms with van der Waals surface area (Å²) in [5.41, 5.74) is 2.72. The van der Waals surface area contributed by atoms with Gasteiger partial charge in [-0.15, -0.1) is 0 Å². The highest BCUT2D eigenvalue weighted by molar-refractivity contribution is 5.87. The zero-order valence-electron chi connectivity index (χ0n) is 16.4. The molecule has 1 aliphatic heterocycles. The number of rotatable bonds is 9. The lowest BCUT2D eigenvalue weighted by atomic mass is 9.92. The van der Waals surface area contributed by atoms with Gasteiger partial charge in [-0.05, 0) is 49.0 Å². The van der Waals surface area contributed by atoms with Crippen LogP contribution in [0.25, 0.3) is 0 Å².